The van der Waals surface area contributed by atoms with E-state index in [1.807, 2.05) is 12.1 Å². The SMILES string of the molecule is CC1(Oc2cccc(O)c2OC2(C)CCCC2)CCCC1. The van der Waals surface area contributed by atoms with Gasteiger partial charge in [-0.2, -0.15) is 0 Å². The lowest BCUT2D eigenvalue weighted by Crippen LogP contribution is -2.31. The average molecular weight is 290 g/mol. The number of phenols is 1. The van der Waals surface area contributed by atoms with Gasteiger partial charge in [-0.15, -0.1) is 0 Å². The quantitative estimate of drug-likeness (QED) is 0.864. The van der Waals surface area contributed by atoms with Gasteiger partial charge in [0.25, 0.3) is 0 Å². The van der Waals surface area contributed by atoms with E-state index in [0.29, 0.717) is 11.5 Å². The van der Waals surface area contributed by atoms with Gasteiger partial charge in [-0.25, -0.2) is 0 Å². The zero-order valence-corrected chi connectivity index (χ0v) is 13.2. The van der Waals surface area contributed by atoms with Crippen molar-refractivity contribution in [2.24, 2.45) is 0 Å². The maximum atomic E-state index is 10.2. The van der Waals surface area contributed by atoms with Gasteiger partial charge >= 0.3 is 0 Å². The minimum atomic E-state index is -0.173. The third kappa shape index (κ3) is 3.12. The number of aromatic hydroxyl groups is 1. The van der Waals surface area contributed by atoms with E-state index < -0.39 is 0 Å². The molecule has 0 bridgehead atoms. The molecule has 2 fully saturated rings. The Bertz CT molecular complexity index is 497. The molecule has 116 valence electrons. The fourth-order valence-corrected chi connectivity index (χ4v) is 3.65. The molecule has 21 heavy (non-hydrogen) atoms. The first kappa shape index (κ1) is 14.6. The largest absolute Gasteiger partial charge is 0.504 e. The Labute approximate surface area is 127 Å². The second-order valence-electron chi connectivity index (χ2n) is 7.12. The van der Waals surface area contributed by atoms with Crippen LogP contribution in [0.1, 0.15) is 65.2 Å². The van der Waals surface area contributed by atoms with Crippen LogP contribution in [0.25, 0.3) is 0 Å². The number of hydrogen-bond donors (Lipinski definition) is 1. The number of benzene rings is 1. The first-order valence-electron chi connectivity index (χ1n) is 8.20. The van der Waals surface area contributed by atoms with Crippen molar-refractivity contribution in [2.45, 2.75) is 76.4 Å². The monoisotopic (exact) mass is 290 g/mol. The van der Waals surface area contributed by atoms with Gasteiger partial charge < -0.3 is 14.6 Å². The summed E-state index contributed by atoms with van der Waals surface area (Å²) >= 11 is 0. The molecule has 0 saturated heterocycles. The van der Waals surface area contributed by atoms with Crippen LogP contribution in [0.2, 0.25) is 0 Å². The maximum Gasteiger partial charge on any atom is 0.203 e. The number of para-hydroxylation sites is 1. The summed E-state index contributed by atoms with van der Waals surface area (Å²) in [5.41, 5.74) is -0.296. The molecule has 0 radical (unpaired) electrons. The van der Waals surface area contributed by atoms with Crippen molar-refractivity contribution in [2.75, 3.05) is 0 Å². The highest BCUT2D eigenvalue weighted by molar-refractivity contribution is 5.51. The lowest BCUT2D eigenvalue weighted by atomic mass is 10.0. The Morgan fingerprint density at radius 2 is 1.38 bits per heavy atom. The summed E-state index contributed by atoms with van der Waals surface area (Å²) in [6.45, 7) is 4.29. The van der Waals surface area contributed by atoms with Crippen molar-refractivity contribution in [1.82, 2.24) is 0 Å². The van der Waals surface area contributed by atoms with Gasteiger partial charge in [0.15, 0.2) is 11.5 Å². The van der Waals surface area contributed by atoms with E-state index in [4.69, 9.17) is 9.47 Å². The highest BCUT2D eigenvalue weighted by atomic mass is 16.5. The van der Waals surface area contributed by atoms with E-state index in [0.717, 1.165) is 25.7 Å². The molecule has 0 heterocycles. The molecule has 3 heteroatoms. The Morgan fingerprint density at radius 3 is 1.95 bits per heavy atom. The highest BCUT2D eigenvalue weighted by Crippen LogP contribution is 2.45. The fraction of sp³-hybridized carbons (Fsp3) is 0.667. The predicted molar refractivity (Wildman–Crippen MR) is 83.1 cm³/mol. The van der Waals surface area contributed by atoms with Crippen molar-refractivity contribution in [3.05, 3.63) is 18.2 Å². The molecule has 1 N–H and O–H groups in total. The Hall–Kier alpha value is -1.38. The first-order valence-corrected chi connectivity index (χ1v) is 8.20. The zero-order chi connectivity index (χ0) is 14.9. The maximum absolute atomic E-state index is 10.2. The topological polar surface area (TPSA) is 38.7 Å². The molecule has 3 nitrogen and oxygen atoms in total. The average Bonchev–Trinajstić information content (AvgIpc) is 3.04. The molecule has 0 aromatic heterocycles. The van der Waals surface area contributed by atoms with Gasteiger partial charge in [-0.1, -0.05) is 6.07 Å². The van der Waals surface area contributed by atoms with Crippen LogP contribution < -0.4 is 9.47 Å². The molecule has 2 aliphatic carbocycles. The van der Waals surface area contributed by atoms with Crippen molar-refractivity contribution >= 4 is 0 Å². The van der Waals surface area contributed by atoms with Crippen molar-refractivity contribution in [3.8, 4) is 17.2 Å². The highest BCUT2D eigenvalue weighted by Gasteiger charge is 2.35. The molecule has 0 aliphatic heterocycles. The van der Waals surface area contributed by atoms with Crippen molar-refractivity contribution in [3.63, 3.8) is 0 Å². The number of hydrogen-bond acceptors (Lipinski definition) is 3. The summed E-state index contributed by atoms with van der Waals surface area (Å²) in [4.78, 5) is 0. The number of ether oxygens (including phenoxy) is 2. The van der Waals surface area contributed by atoms with Crippen LogP contribution >= 0.6 is 0 Å². The summed E-state index contributed by atoms with van der Waals surface area (Å²) in [6.07, 6.45) is 9.03. The van der Waals surface area contributed by atoms with Crippen LogP contribution in [0.3, 0.4) is 0 Å². The summed E-state index contributed by atoms with van der Waals surface area (Å²) < 4.78 is 12.5. The summed E-state index contributed by atoms with van der Waals surface area (Å²) in [5.74, 6) is 1.39. The minimum absolute atomic E-state index is 0.123. The van der Waals surface area contributed by atoms with Gasteiger partial charge in [-0.3, -0.25) is 0 Å². The van der Waals surface area contributed by atoms with E-state index >= 15 is 0 Å². The number of phenolic OH excluding ortho intramolecular Hbond substituents is 1. The Morgan fingerprint density at radius 1 is 0.857 bits per heavy atom. The van der Waals surface area contributed by atoms with E-state index in [-0.39, 0.29) is 17.0 Å². The second-order valence-corrected chi connectivity index (χ2v) is 7.12. The van der Waals surface area contributed by atoms with E-state index in [9.17, 15) is 5.11 Å². The Balaban J connectivity index is 1.84. The molecule has 1 aromatic rings. The molecular weight excluding hydrogens is 264 g/mol. The molecule has 3 rings (SSSR count). The van der Waals surface area contributed by atoms with Crippen LogP contribution in [0, 0.1) is 0 Å². The molecule has 2 saturated carbocycles. The van der Waals surface area contributed by atoms with Crippen LogP contribution in [0.4, 0.5) is 0 Å². The lowest BCUT2D eigenvalue weighted by molar-refractivity contribution is 0.0625. The smallest absolute Gasteiger partial charge is 0.203 e. The third-order valence-corrected chi connectivity index (χ3v) is 4.99. The van der Waals surface area contributed by atoms with Gasteiger partial charge in [0.1, 0.15) is 11.2 Å². The van der Waals surface area contributed by atoms with Crippen molar-refractivity contribution < 1.29 is 14.6 Å². The van der Waals surface area contributed by atoms with Crippen molar-refractivity contribution in [1.29, 1.82) is 0 Å². The molecule has 0 spiro atoms. The normalized spacial score (nSPS) is 23.1. The predicted octanol–water partition coefficient (Wildman–Crippen LogP) is 4.82. The molecule has 2 aliphatic rings. The molecular formula is C18H26O3. The van der Waals surface area contributed by atoms with Gasteiger partial charge in [0, 0.05) is 0 Å². The van der Waals surface area contributed by atoms with Crippen LogP contribution in [0.5, 0.6) is 17.2 Å². The molecule has 0 amide bonds. The van der Waals surface area contributed by atoms with Crippen LogP contribution in [0.15, 0.2) is 18.2 Å². The van der Waals surface area contributed by atoms with Gasteiger partial charge in [0.2, 0.25) is 5.75 Å². The van der Waals surface area contributed by atoms with Gasteiger partial charge in [-0.05, 0) is 77.3 Å². The standard InChI is InChI=1S/C18H26O3/c1-17(10-3-4-11-17)20-15-9-7-8-14(19)16(15)21-18(2)12-5-6-13-18/h7-9,19H,3-6,10-13H2,1-2H3. The molecule has 1 aromatic carbocycles. The minimum Gasteiger partial charge on any atom is -0.504 e. The second kappa shape index (κ2) is 5.43. The zero-order valence-electron chi connectivity index (χ0n) is 13.2. The summed E-state index contributed by atoms with van der Waals surface area (Å²) in [7, 11) is 0. The van der Waals surface area contributed by atoms with E-state index in [2.05, 4.69) is 13.8 Å². The summed E-state index contributed by atoms with van der Waals surface area (Å²) in [5, 5.41) is 10.2. The Kier molecular flexibility index (Phi) is 3.76. The van der Waals surface area contributed by atoms with Crippen LogP contribution in [-0.2, 0) is 0 Å². The fourth-order valence-electron chi connectivity index (χ4n) is 3.65. The summed E-state index contributed by atoms with van der Waals surface area (Å²) in [6, 6.07) is 5.42. The number of rotatable bonds is 4. The molecule has 0 unspecified atom stereocenters. The van der Waals surface area contributed by atoms with Crippen LogP contribution in [-0.4, -0.2) is 16.3 Å². The van der Waals surface area contributed by atoms with Gasteiger partial charge in [0.05, 0.1) is 0 Å². The van der Waals surface area contributed by atoms with E-state index in [1.54, 1.807) is 6.07 Å². The first-order chi connectivity index (χ1) is 10.00. The third-order valence-electron chi connectivity index (χ3n) is 4.99. The lowest BCUT2D eigenvalue weighted by Gasteiger charge is -2.31. The van der Waals surface area contributed by atoms with E-state index in [1.165, 1.54) is 25.7 Å². The molecule has 0 atom stereocenters.